The maximum absolute atomic E-state index is 11.3. The standard InChI is InChI=1S/C13H14BrN3O/c14-11-4-3-8(6-9(7-15)13(16)18)12-10(11)2-1-5-17-12/h1-5,9H,6-7,15H2,(H2,16,18). The summed E-state index contributed by atoms with van der Waals surface area (Å²) in [7, 11) is 0. The number of aromatic nitrogens is 1. The summed E-state index contributed by atoms with van der Waals surface area (Å²) in [6.45, 7) is 0.250. The van der Waals surface area contributed by atoms with Crippen LogP contribution in [-0.2, 0) is 11.2 Å². The molecule has 0 saturated heterocycles. The van der Waals surface area contributed by atoms with Crippen molar-refractivity contribution in [2.75, 3.05) is 6.54 Å². The summed E-state index contributed by atoms with van der Waals surface area (Å²) in [5.74, 6) is -0.721. The number of amides is 1. The molecule has 0 spiro atoms. The molecule has 1 aromatic heterocycles. The van der Waals surface area contributed by atoms with Gasteiger partial charge in [0.15, 0.2) is 0 Å². The summed E-state index contributed by atoms with van der Waals surface area (Å²) < 4.78 is 0.984. The quantitative estimate of drug-likeness (QED) is 0.900. The van der Waals surface area contributed by atoms with Crippen LogP contribution in [0.3, 0.4) is 0 Å². The second-order valence-electron chi connectivity index (χ2n) is 4.15. The van der Waals surface area contributed by atoms with Gasteiger partial charge in [-0.05, 0) is 24.1 Å². The highest BCUT2D eigenvalue weighted by Gasteiger charge is 2.16. The topological polar surface area (TPSA) is 82.0 Å². The first-order valence-electron chi connectivity index (χ1n) is 5.65. The van der Waals surface area contributed by atoms with E-state index in [4.69, 9.17) is 11.5 Å². The molecular weight excluding hydrogens is 294 g/mol. The molecule has 1 amide bonds. The van der Waals surface area contributed by atoms with Crippen LogP contribution in [0, 0.1) is 5.92 Å². The molecule has 1 atom stereocenters. The number of fused-ring (bicyclic) bond motifs is 1. The number of carbonyl (C=O) groups excluding carboxylic acids is 1. The van der Waals surface area contributed by atoms with E-state index in [2.05, 4.69) is 20.9 Å². The Morgan fingerprint density at radius 3 is 2.83 bits per heavy atom. The molecule has 0 aliphatic heterocycles. The average molecular weight is 308 g/mol. The summed E-state index contributed by atoms with van der Waals surface area (Å²) in [6, 6.07) is 7.77. The van der Waals surface area contributed by atoms with Crippen LogP contribution < -0.4 is 11.5 Å². The molecule has 2 aromatic rings. The van der Waals surface area contributed by atoms with Crippen LogP contribution >= 0.6 is 15.9 Å². The Hall–Kier alpha value is -1.46. The van der Waals surface area contributed by atoms with Crippen molar-refractivity contribution in [2.24, 2.45) is 17.4 Å². The number of nitrogens with zero attached hydrogens (tertiary/aromatic N) is 1. The van der Waals surface area contributed by atoms with Crippen LogP contribution in [0.1, 0.15) is 5.56 Å². The number of benzene rings is 1. The minimum absolute atomic E-state index is 0.250. The van der Waals surface area contributed by atoms with Gasteiger partial charge < -0.3 is 11.5 Å². The lowest BCUT2D eigenvalue weighted by atomic mass is 9.97. The van der Waals surface area contributed by atoms with Crippen LogP contribution in [0.2, 0.25) is 0 Å². The van der Waals surface area contributed by atoms with E-state index in [1.807, 2.05) is 24.3 Å². The fourth-order valence-electron chi connectivity index (χ4n) is 1.93. The minimum Gasteiger partial charge on any atom is -0.369 e. The van der Waals surface area contributed by atoms with Crippen molar-refractivity contribution in [3.8, 4) is 0 Å². The van der Waals surface area contributed by atoms with Crippen LogP contribution in [0.5, 0.6) is 0 Å². The normalized spacial score (nSPS) is 12.6. The van der Waals surface area contributed by atoms with E-state index in [1.165, 1.54) is 0 Å². The van der Waals surface area contributed by atoms with E-state index in [-0.39, 0.29) is 18.4 Å². The molecule has 5 heteroatoms. The highest BCUT2D eigenvalue weighted by Crippen LogP contribution is 2.26. The monoisotopic (exact) mass is 307 g/mol. The molecule has 1 unspecified atom stereocenters. The third-order valence-corrected chi connectivity index (χ3v) is 3.64. The Labute approximate surface area is 114 Å². The van der Waals surface area contributed by atoms with Crippen molar-refractivity contribution >= 4 is 32.7 Å². The van der Waals surface area contributed by atoms with E-state index in [1.54, 1.807) is 6.20 Å². The second kappa shape index (κ2) is 5.46. The van der Waals surface area contributed by atoms with E-state index < -0.39 is 0 Å². The van der Waals surface area contributed by atoms with Crippen molar-refractivity contribution in [3.05, 3.63) is 40.5 Å². The van der Waals surface area contributed by atoms with Gasteiger partial charge in [-0.25, -0.2) is 0 Å². The van der Waals surface area contributed by atoms with Gasteiger partial charge in [0.2, 0.25) is 5.91 Å². The zero-order valence-electron chi connectivity index (χ0n) is 9.77. The van der Waals surface area contributed by atoms with Crippen molar-refractivity contribution in [1.82, 2.24) is 4.98 Å². The van der Waals surface area contributed by atoms with Gasteiger partial charge in [0.25, 0.3) is 0 Å². The Morgan fingerprint density at radius 2 is 2.17 bits per heavy atom. The fourth-order valence-corrected chi connectivity index (χ4v) is 2.38. The molecule has 0 fully saturated rings. The number of carbonyl (C=O) groups is 1. The van der Waals surface area contributed by atoms with Gasteiger partial charge >= 0.3 is 0 Å². The molecule has 1 aromatic carbocycles. The van der Waals surface area contributed by atoms with Crippen LogP contribution in [-0.4, -0.2) is 17.4 Å². The molecule has 0 saturated carbocycles. The molecule has 4 N–H and O–H groups in total. The number of hydrogen-bond donors (Lipinski definition) is 2. The van der Waals surface area contributed by atoms with E-state index in [0.29, 0.717) is 6.42 Å². The van der Waals surface area contributed by atoms with Gasteiger partial charge in [-0.1, -0.05) is 28.1 Å². The molecule has 0 aliphatic rings. The Bertz CT molecular complexity index is 585. The first-order chi connectivity index (χ1) is 8.63. The highest BCUT2D eigenvalue weighted by atomic mass is 79.9. The van der Waals surface area contributed by atoms with Crippen LogP contribution in [0.15, 0.2) is 34.9 Å². The van der Waals surface area contributed by atoms with Gasteiger partial charge in [-0.15, -0.1) is 0 Å². The van der Waals surface area contributed by atoms with Crippen LogP contribution in [0.4, 0.5) is 0 Å². The Balaban J connectivity index is 2.45. The van der Waals surface area contributed by atoms with Crippen LogP contribution in [0.25, 0.3) is 10.9 Å². The molecule has 18 heavy (non-hydrogen) atoms. The third-order valence-electron chi connectivity index (χ3n) is 2.95. The maximum Gasteiger partial charge on any atom is 0.222 e. The largest absolute Gasteiger partial charge is 0.369 e. The molecule has 4 nitrogen and oxygen atoms in total. The first kappa shape index (κ1) is 13.0. The van der Waals surface area contributed by atoms with Gasteiger partial charge in [0.05, 0.1) is 11.4 Å². The lowest BCUT2D eigenvalue weighted by Gasteiger charge is -2.12. The van der Waals surface area contributed by atoms with Gasteiger partial charge in [0.1, 0.15) is 0 Å². The number of rotatable bonds is 4. The molecule has 0 bridgehead atoms. The molecule has 1 heterocycles. The molecule has 0 aliphatic carbocycles. The number of hydrogen-bond acceptors (Lipinski definition) is 3. The SMILES string of the molecule is NCC(Cc1ccc(Br)c2cccnc12)C(N)=O. The van der Waals surface area contributed by atoms with Crippen molar-refractivity contribution in [2.45, 2.75) is 6.42 Å². The van der Waals surface area contributed by atoms with Gasteiger partial charge in [-0.3, -0.25) is 9.78 Å². The Kier molecular flexibility index (Phi) is 3.93. The first-order valence-corrected chi connectivity index (χ1v) is 6.44. The predicted molar refractivity (Wildman–Crippen MR) is 74.9 cm³/mol. The van der Waals surface area contributed by atoms with E-state index >= 15 is 0 Å². The molecule has 0 radical (unpaired) electrons. The smallest absolute Gasteiger partial charge is 0.222 e. The maximum atomic E-state index is 11.3. The summed E-state index contributed by atoms with van der Waals surface area (Å²) in [5, 5.41) is 1.02. The molecule has 2 rings (SSSR count). The van der Waals surface area contributed by atoms with Crippen molar-refractivity contribution in [1.29, 1.82) is 0 Å². The highest BCUT2D eigenvalue weighted by molar-refractivity contribution is 9.10. The number of halogens is 1. The number of pyridine rings is 1. The Morgan fingerprint density at radius 1 is 1.39 bits per heavy atom. The van der Waals surface area contributed by atoms with E-state index in [9.17, 15) is 4.79 Å². The molecular formula is C13H14BrN3O. The fraction of sp³-hybridized carbons (Fsp3) is 0.231. The summed E-state index contributed by atoms with van der Waals surface area (Å²) in [4.78, 5) is 15.6. The second-order valence-corrected chi connectivity index (χ2v) is 5.00. The summed E-state index contributed by atoms with van der Waals surface area (Å²) >= 11 is 3.49. The summed E-state index contributed by atoms with van der Waals surface area (Å²) in [6.07, 6.45) is 2.26. The predicted octanol–water partition coefficient (Wildman–Crippen LogP) is 1.60. The zero-order chi connectivity index (χ0) is 13.1. The lowest BCUT2D eigenvalue weighted by Crippen LogP contribution is -2.31. The lowest BCUT2D eigenvalue weighted by molar-refractivity contribution is -0.121. The molecule has 94 valence electrons. The third kappa shape index (κ3) is 2.52. The minimum atomic E-state index is -0.371. The van der Waals surface area contributed by atoms with Crippen molar-refractivity contribution in [3.63, 3.8) is 0 Å². The number of nitrogens with two attached hydrogens (primary N) is 2. The van der Waals surface area contributed by atoms with Gasteiger partial charge in [0, 0.05) is 22.6 Å². The summed E-state index contributed by atoms with van der Waals surface area (Å²) in [5.41, 5.74) is 12.8. The van der Waals surface area contributed by atoms with Gasteiger partial charge in [-0.2, -0.15) is 0 Å². The van der Waals surface area contributed by atoms with Crippen molar-refractivity contribution < 1.29 is 4.79 Å². The number of primary amides is 1. The van der Waals surface area contributed by atoms with E-state index in [0.717, 1.165) is 20.9 Å². The average Bonchev–Trinajstić information content (AvgIpc) is 2.38. The zero-order valence-corrected chi connectivity index (χ0v) is 11.4.